The SMILES string of the molecule is COc1cc(C(=O)N(C)CCc2cnn(C)c2)ccc1OC1CCN(C2CCCC2)CC1. The molecule has 2 heterocycles. The van der Waals surface area contributed by atoms with E-state index in [-0.39, 0.29) is 12.0 Å². The molecule has 2 fully saturated rings. The average molecular weight is 441 g/mol. The van der Waals surface area contributed by atoms with Gasteiger partial charge in [0.1, 0.15) is 6.10 Å². The van der Waals surface area contributed by atoms with Gasteiger partial charge < -0.3 is 19.3 Å². The van der Waals surface area contributed by atoms with Crippen LogP contribution in [0.25, 0.3) is 0 Å². The van der Waals surface area contributed by atoms with Gasteiger partial charge in [0.05, 0.1) is 13.3 Å². The number of amides is 1. The monoisotopic (exact) mass is 440 g/mol. The van der Waals surface area contributed by atoms with Gasteiger partial charge in [-0.15, -0.1) is 0 Å². The first-order valence-electron chi connectivity index (χ1n) is 11.8. The van der Waals surface area contributed by atoms with Crippen molar-refractivity contribution in [1.82, 2.24) is 19.6 Å². The second kappa shape index (κ2) is 10.4. The third kappa shape index (κ3) is 5.44. The molecule has 0 spiro atoms. The van der Waals surface area contributed by atoms with Crippen molar-refractivity contribution in [1.29, 1.82) is 0 Å². The number of nitrogens with zero attached hydrogens (tertiary/aromatic N) is 4. The summed E-state index contributed by atoms with van der Waals surface area (Å²) in [6.07, 6.45) is 12.3. The van der Waals surface area contributed by atoms with Crippen molar-refractivity contribution in [3.8, 4) is 11.5 Å². The summed E-state index contributed by atoms with van der Waals surface area (Å²) in [6.45, 7) is 2.84. The minimum atomic E-state index is -0.0244. The van der Waals surface area contributed by atoms with Crippen molar-refractivity contribution in [2.24, 2.45) is 7.05 Å². The van der Waals surface area contributed by atoms with Crippen LogP contribution >= 0.6 is 0 Å². The number of hydrogen-bond acceptors (Lipinski definition) is 5. The van der Waals surface area contributed by atoms with Crippen LogP contribution in [0.1, 0.15) is 54.4 Å². The molecule has 7 nitrogen and oxygen atoms in total. The van der Waals surface area contributed by atoms with E-state index in [4.69, 9.17) is 9.47 Å². The van der Waals surface area contributed by atoms with E-state index < -0.39 is 0 Å². The second-order valence-electron chi connectivity index (χ2n) is 9.16. The highest BCUT2D eigenvalue weighted by molar-refractivity contribution is 5.94. The van der Waals surface area contributed by atoms with E-state index in [9.17, 15) is 4.79 Å². The van der Waals surface area contributed by atoms with Gasteiger partial charge >= 0.3 is 0 Å². The molecule has 0 atom stereocenters. The first-order chi connectivity index (χ1) is 15.5. The second-order valence-corrected chi connectivity index (χ2v) is 9.16. The number of ether oxygens (including phenoxy) is 2. The molecule has 0 unspecified atom stereocenters. The van der Waals surface area contributed by atoms with Crippen LogP contribution in [0.4, 0.5) is 0 Å². The van der Waals surface area contributed by atoms with Gasteiger partial charge in [-0.2, -0.15) is 5.10 Å². The Hall–Kier alpha value is -2.54. The van der Waals surface area contributed by atoms with Crippen LogP contribution in [0, 0.1) is 0 Å². The van der Waals surface area contributed by atoms with Crippen molar-refractivity contribution in [2.75, 3.05) is 33.8 Å². The number of carbonyl (C=O) groups is 1. The Bertz CT molecular complexity index is 898. The number of likely N-dealkylation sites (N-methyl/N-ethyl adjacent to an activating group) is 1. The zero-order valence-electron chi connectivity index (χ0n) is 19.6. The molecular weight excluding hydrogens is 404 g/mol. The molecule has 2 aromatic rings. The Morgan fingerprint density at radius 1 is 1.16 bits per heavy atom. The first-order valence-corrected chi connectivity index (χ1v) is 11.8. The first kappa shape index (κ1) is 22.6. The van der Waals surface area contributed by atoms with Crippen molar-refractivity contribution < 1.29 is 14.3 Å². The molecule has 174 valence electrons. The predicted molar refractivity (Wildman–Crippen MR) is 124 cm³/mol. The van der Waals surface area contributed by atoms with Crippen LogP contribution in [-0.2, 0) is 13.5 Å². The van der Waals surface area contributed by atoms with Crippen molar-refractivity contribution in [3.63, 3.8) is 0 Å². The molecule has 0 radical (unpaired) electrons. The smallest absolute Gasteiger partial charge is 0.253 e. The normalized spacial score (nSPS) is 18.1. The molecule has 0 bridgehead atoms. The third-order valence-electron chi connectivity index (χ3n) is 6.86. The van der Waals surface area contributed by atoms with Gasteiger partial charge in [0.25, 0.3) is 5.91 Å². The third-order valence-corrected chi connectivity index (χ3v) is 6.86. The fraction of sp³-hybridized carbons (Fsp3) is 0.600. The van der Waals surface area contributed by atoms with Crippen LogP contribution in [0.15, 0.2) is 30.6 Å². The van der Waals surface area contributed by atoms with Gasteiger partial charge in [0, 0.05) is 51.5 Å². The molecule has 1 aromatic heterocycles. The predicted octanol–water partition coefficient (Wildman–Crippen LogP) is 3.53. The van der Waals surface area contributed by atoms with Crippen LogP contribution < -0.4 is 9.47 Å². The van der Waals surface area contributed by atoms with E-state index >= 15 is 0 Å². The van der Waals surface area contributed by atoms with Crippen LogP contribution in [-0.4, -0.2) is 71.4 Å². The molecule has 1 amide bonds. The Labute approximate surface area is 191 Å². The molecule has 1 saturated carbocycles. The lowest BCUT2D eigenvalue weighted by Gasteiger charge is -2.36. The highest BCUT2D eigenvalue weighted by atomic mass is 16.5. The fourth-order valence-corrected chi connectivity index (χ4v) is 4.93. The van der Waals surface area contributed by atoms with Gasteiger partial charge in [0.2, 0.25) is 0 Å². The summed E-state index contributed by atoms with van der Waals surface area (Å²) in [5.74, 6) is 1.32. The topological polar surface area (TPSA) is 59.8 Å². The van der Waals surface area contributed by atoms with E-state index in [1.807, 2.05) is 38.6 Å². The molecule has 32 heavy (non-hydrogen) atoms. The molecule has 1 saturated heterocycles. The number of aromatic nitrogens is 2. The number of hydrogen-bond donors (Lipinski definition) is 0. The number of likely N-dealkylation sites (tertiary alicyclic amines) is 1. The zero-order chi connectivity index (χ0) is 22.5. The lowest BCUT2D eigenvalue weighted by Crippen LogP contribution is -2.43. The molecule has 1 aliphatic heterocycles. The van der Waals surface area contributed by atoms with Gasteiger partial charge in [0.15, 0.2) is 11.5 Å². The van der Waals surface area contributed by atoms with E-state index in [0.717, 1.165) is 49.7 Å². The van der Waals surface area contributed by atoms with E-state index in [0.29, 0.717) is 17.9 Å². The summed E-state index contributed by atoms with van der Waals surface area (Å²) in [4.78, 5) is 17.3. The summed E-state index contributed by atoms with van der Waals surface area (Å²) >= 11 is 0. The van der Waals surface area contributed by atoms with Gasteiger partial charge in [-0.05, 0) is 55.9 Å². The maximum absolute atomic E-state index is 12.9. The van der Waals surface area contributed by atoms with Crippen LogP contribution in [0.2, 0.25) is 0 Å². The molecule has 2 aliphatic rings. The lowest BCUT2D eigenvalue weighted by molar-refractivity contribution is 0.0748. The van der Waals surface area contributed by atoms with Crippen molar-refractivity contribution >= 4 is 5.91 Å². The number of rotatable bonds is 8. The molecule has 7 heteroatoms. The summed E-state index contributed by atoms with van der Waals surface area (Å²) in [6, 6.07) is 6.30. The minimum absolute atomic E-state index is 0.0244. The van der Waals surface area contributed by atoms with Crippen molar-refractivity contribution in [2.45, 2.75) is 57.1 Å². The zero-order valence-corrected chi connectivity index (χ0v) is 19.6. The molecular formula is C25H36N4O3. The summed E-state index contributed by atoms with van der Waals surface area (Å²) in [7, 11) is 5.35. The Morgan fingerprint density at radius 2 is 1.91 bits per heavy atom. The fourth-order valence-electron chi connectivity index (χ4n) is 4.93. The Morgan fingerprint density at radius 3 is 2.56 bits per heavy atom. The van der Waals surface area contributed by atoms with Gasteiger partial charge in [-0.3, -0.25) is 9.48 Å². The molecule has 1 aromatic carbocycles. The van der Waals surface area contributed by atoms with Gasteiger partial charge in [-0.1, -0.05) is 12.8 Å². The quantitative estimate of drug-likeness (QED) is 0.629. The lowest BCUT2D eigenvalue weighted by atomic mass is 10.0. The summed E-state index contributed by atoms with van der Waals surface area (Å²) in [5.41, 5.74) is 1.73. The Kier molecular flexibility index (Phi) is 7.35. The van der Waals surface area contributed by atoms with E-state index in [1.165, 1.54) is 25.7 Å². The van der Waals surface area contributed by atoms with E-state index in [2.05, 4.69) is 10.00 Å². The molecule has 4 rings (SSSR count). The number of carbonyl (C=O) groups excluding carboxylic acids is 1. The number of methoxy groups -OCH3 is 1. The number of aryl methyl sites for hydroxylation is 1. The summed E-state index contributed by atoms with van der Waals surface area (Å²) in [5, 5.41) is 4.18. The number of benzene rings is 1. The number of piperidine rings is 1. The Balaban J connectivity index is 1.32. The van der Waals surface area contributed by atoms with Crippen LogP contribution in [0.5, 0.6) is 11.5 Å². The minimum Gasteiger partial charge on any atom is -0.493 e. The van der Waals surface area contributed by atoms with Crippen LogP contribution in [0.3, 0.4) is 0 Å². The molecule has 1 aliphatic carbocycles. The standard InChI is InChI=1S/C25H36N4O3/c1-27(13-10-19-17-26-28(2)18-19)25(30)20-8-9-23(24(16-20)31-3)32-22-11-14-29(15-12-22)21-6-4-5-7-21/h8-9,16-18,21-22H,4-7,10-15H2,1-3H3. The maximum Gasteiger partial charge on any atom is 0.253 e. The maximum atomic E-state index is 12.9. The van der Waals surface area contributed by atoms with Gasteiger partial charge in [-0.25, -0.2) is 0 Å². The van der Waals surface area contributed by atoms with E-state index in [1.54, 1.807) is 22.8 Å². The average Bonchev–Trinajstić information content (AvgIpc) is 3.50. The summed E-state index contributed by atoms with van der Waals surface area (Å²) < 4.78 is 13.7. The largest absolute Gasteiger partial charge is 0.493 e. The highest BCUT2D eigenvalue weighted by Crippen LogP contribution is 2.32. The van der Waals surface area contributed by atoms with Crippen molar-refractivity contribution in [3.05, 3.63) is 41.7 Å². The molecule has 0 N–H and O–H groups in total. The highest BCUT2D eigenvalue weighted by Gasteiger charge is 2.28.